The number of aryl methyl sites for hydroxylation is 1. The molecule has 2 saturated carbocycles. The lowest BCUT2D eigenvalue weighted by Crippen LogP contribution is -2.41. The smallest absolute Gasteiger partial charge is 0.220 e. The molecule has 1 atom stereocenters. The van der Waals surface area contributed by atoms with E-state index in [1.807, 2.05) is 13.0 Å². The van der Waals surface area contributed by atoms with E-state index in [-0.39, 0.29) is 11.8 Å². The molecule has 1 unspecified atom stereocenters. The Kier molecular flexibility index (Phi) is 5.14. The quantitative estimate of drug-likeness (QED) is 0.806. The van der Waals surface area contributed by atoms with E-state index in [0.29, 0.717) is 18.9 Å². The minimum atomic E-state index is -0.679. The molecule has 0 radical (unpaired) electrons. The minimum absolute atomic E-state index is 0.0562. The number of carbonyl (C=O) groups is 1. The molecule has 1 amide bonds. The van der Waals surface area contributed by atoms with Gasteiger partial charge in [0.05, 0.1) is 12.7 Å². The first kappa shape index (κ1) is 17.3. The molecule has 1 aromatic carbocycles. The summed E-state index contributed by atoms with van der Waals surface area (Å²) < 4.78 is 5.34. The maximum Gasteiger partial charge on any atom is 0.220 e. The highest BCUT2D eigenvalue weighted by Crippen LogP contribution is 2.45. The zero-order valence-electron chi connectivity index (χ0n) is 14.8. The molecule has 2 N–H and O–H groups in total. The van der Waals surface area contributed by atoms with Crippen LogP contribution in [0.3, 0.4) is 0 Å². The van der Waals surface area contributed by atoms with Crippen molar-refractivity contribution in [2.24, 2.45) is 5.92 Å². The summed E-state index contributed by atoms with van der Waals surface area (Å²) in [6.45, 7) is 2.44. The Hall–Kier alpha value is -1.55. The van der Waals surface area contributed by atoms with Crippen LogP contribution in [0.15, 0.2) is 18.2 Å². The van der Waals surface area contributed by atoms with Crippen molar-refractivity contribution in [1.29, 1.82) is 0 Å². The van der Waals surface area contributed by atoms with Gasteiger partial charge in [-0.2, -0.15) is 0 Å². The van der Waals surface area contributed by atoms with Crippen LogP contribution in [-0.2, 0) is 4.79 Å². The number of ether oxygens (including phenoxy) is 1. The molecule has 4 nitrogen and oxygen atoms in total. The van der Waals surface area contributed by atoms with E-state index in [1.54, 1.807) is 7.11 Å². The third kappa shape index (κ3) is 4.10. The van der Waals surface area contributed by atoms with Gasteiger partial charge in [-0.15, -0.1) is 0 Å². The molecule has 4 heteroatoms. The number of amides is 1. The second-order valence-corrected chi connectivity index (χ2v) is 7.59. The fraction of sp³-hybridized carbons (Fsp3) is 0.650. The largest absolute Gasteiger partial charge is 0.496 e. The topological polar surface area (TPSA) is 58.6 Å². The first-order valence-electron chi connectivity index (χ1n) is 9.14. The van der Waals surface area contributed by atoms with E-state index in [0.717, 1.165) is 37.0 Å². The van der Waals surface area contributed by atoms with Gasteiger partial charge in [0.1, 0.15) is 5.75 Å². The average Bonchev–Trinajstić information content (AvgIpc) is 3.32. The van der Waals surface area contributed by atoms with Crippen LogP contribution in [0.1, 0.15) is 62.0 Å². The van der Waals surface area contributed by atoms with Gasteiger partial charge in [0.15, 0.2) is 0 Å². The maximum absolute atomic E-state index is 12.4. The summed E-state index contributed by atoms with van der Waals surface area (Å²) in [5.41, 5.74) is 1.66. The van der Waals surface area contributed by atoms with Crippen LogP contribution in [0.5, 0.6) is 5.75 Å². The molecule has 24 heavy (non-hydrogen) atoms. The molecule has 1 aromatic rings. The van der Waals surface area contributed by atoms with Crippen molar-refractivity contribution in [2.75, 3.05) is 13.7 Å². The average molecular weight is 331 g/mol. The zero-order chi connectivity index (χ0) is 17.2. The van der Waals surface area contributed by atoms with Crippen LogP contribution < -0.4 is 10.1 Å². The van der Waals surface area contributed by atoms with E-state index >= 15 is 0 Å². The maximum atomic E-state index is 12.4. The monoisotopic (exact) mass is 331 g/mol. The van der Waals surface area contributed by atoms with Gasteiger partial charge in [-0.05, 0) is 61.6 Å². The number of hydrogen-bond acceptors (Lipinski definition) is 3. The number of hydrogen-bond donors (Lipinski definition) is 2. The van der Waals surface area contributed by atoms with Crippen molar-refractivity contribution >= 4 is 5.91 Å². The minimum Gasteiger partial charge on any atom is -0.496 e. The normalized spacial score (nSPS) is 20.6. The SMILES string of the molecule is COc1ccc(C(CC(=O)NCC2(O)CCCC2)C2CC2)cc1C. The summed E-state index contributed by atoms with van der Waals surface area (Å²) in [7, 11) is 1.68. The van der Waals surface area contributed by atoms with E-state index in [4.69, 9.17) is 4.74 Å². The third-order valence-corrected chi connectivity index (χ3v) is 5.59. The van der Waals surface area contributed by atoms with Gasteiger partial charge < -0.3 is 15.2 Å². The molecule has 0 aliphatic heterocycles. The lowest BCUT2D eigenvalue weighted by Gasteiger charge is -2.23. The van der Waals surface area contributed by atoms with E-state index in [9.17, 15) is 9.90 Å². The highest BCUT2D eigenvalue weighted by molar-refractivity contribution is 5.77. The Morgan fingerprint density at radius 2 is 2.08 bits per heavy atom. The Labute approximate surface area is 144 Å². The molecule has 0 aromatic heterocycles. The van der Waals surface area contributed by atoms with Gasteiger partial charge in [-0.25, -0.2) is 0 Å². The molecule has 2 fully saturated rings. The fourth-order valence-electron chi connectivity index (χ4n) is 3.93. The van der Waals surface area contributed by atoms with Gasteiger partial charge in [0, 0.05) is 13.0 Å². The Morgan fingerprint density at radius 3 is 2.67 bits per heavy atom. The second kappa shape index (κ2) is 7.14. The number of methoxy groups -OCH3 is 1. The molecule has 132 valence electrons. The lowest BCUT2D eigenvalue weighted by atomic mass is 9.89. The van der Waals surface area contributed by atoms with Crippen molar-refractivity contribution in [3.8, 4) is 5.75 Å². The van der Waals surface area contributed by atoms with Crippen LogP contribution in [-0.4, -0.2) is 30.3 Å². The molecule has 3 rings (SSSR count). The number of aliphatic hydroxyl groups is 1. The Bertz CT molecular complexity index is 589. The highest BCUT2D eigenvalue weighted by Gasteiger charge is 2.35. The molecule has 0 heterocycles. The number of benzene rings is 1. The van der Waals surface area contributed by atoms with Crippen molar-refractivity contribution < 1.29 is 14.6 Å². The Morgan fingerprint density at radius 1 is 1.38 bits per heavy atom. The first-order valence-corrected chi connectivity index (χ1v) is 9.14. The van der Waals surface area contributed by atoms with Crippen LogP contribution >= 0.6 is 0 Å². The molecule has 0 spiro atoms. The standard InChI is InChI=1S/C20H29NO3/c1-14-11-16(7-8-18(14)24-2)17(15-5-6-15)12-19(22)21-13-20(23)9-3-4-10-20/h7-8,11,15,17,23H,3-6,9-10,12-13H2,1-2H3,(H,21,22). The first-order chi connectivity index (χ1) is 11.5. The highest BCUT2D eigenvalue weighted by atomic mass is 16.5. The molecule has 2 aliphatic carbocycles. The summed E-state index contributed by atoms with van der Waals surface area (Å²) in [6.07, 6.45) is 6.63. The van der Waals surface area contributed by atoms with Gasteiger partial charge in [-0.3, -0.25) is 4.79 Å². The zero-order valence-corrected chi connectivity index (χ0v) is 14.8. The van der Waals surface area contributed by atoms with Gasteiger partial charge >= 0.3 is 0 Å². The lowest BCUT2D eigenvalue weighted by molar-refractivity contribution is -0.122. The number of carbonyl (C=O) groups excluding carboxylic acids is 1. The van der Waals surface area contributed by atoms with Gasteiger partial charge in [0.2, 0.25) is 5.91 Å². The van der Waals surface area contributed by atoms with Crippen molar-refractivity contribution in [2.45, 2.75) is 63.4 Å². The molecule has 0 bridgehead atoms. The predicted molar refractivity (Wildman–Crippen MR) is 94.2 cm³/mol. The third-order valence-electron chi connectivity index (χ3n) is 5.59. The molecular formula is C20H29NO3. The summed E-state index contributed by atoms with van der Waals surface area (Å²) >= 11 is 0. The van der Waals surface area contributed by atoms with Crippen LogP contribution in [0.25, 0.3) is 0 Å². The van der Waals surface area contributed by atoms with Crippen molar-refractivity contribution in [3.63, 3.8) is 0 Å². The van der Waals surface area contributed by atoms with Crippen molar-refractivity contribution in [3.05, 3.63) is 29.3 Å². The molecular weight excluding hydrogens is 302 g/mol. The van der Waals surface area contributed by atoms with Gasteiger partial charge in [0.25, 0.3) is 0 Å². The number of nitrogens with one attached hydrogen (secondary N) is 1. The summed E-state index contributed by atoms with van der Waals surface area (Å²) in [5, 5.41) is 13.3. The second-order valence-electron chi connectivity index (χ2n) is 7.59. The summed E-state index contributed by atoms with van der Waals surface area (Å²) in [5.74, 6) is 1.83. The summed E-state index contributed by atoms with van der Waals surface area (Å²) in [6, 6.07) is 6.24. The van der Waals surface area contributed by atoms with Crippen LogP contribution in [0.4, 0.5) is 0 Å². The molecule has 0 saturated heterocycles. The Balaban J connectivity index is 1.61. The summed E-state index contributed by atoms with van der Waals surface area (Å²) in [4.78, 5) is 12.4. The fourth-order valence-corrected chi connectivity index (χ4v) is 3.93. The number of rotatable bonds is 7. The van der Waals surface area contributed by atoms with Crippen LogP contribution in [0, 0.1) is 12.8 Å². The predicted octanol–water partition coefficient (Wildman–Crippen LogP) is 3.31. The van der Waals surface area contributed by atoms with Gasteiger partial charge in [-0.1, -0.05) is 25.0 Å². The van der Waals surface area contributed by atoms with E-state index in [1.165, 1.54) is 18.4 Å². The molecule has 2 aliphatic rings. The van der Waals surface area contributed by atoms with E-state index in [2.05, 4.69) is 17.4 Å². The van der Waals surface area contributed by atoms with Crippen LogP contribution in [0.2, 0.25) is 0 Å². The van der Waals surface area contributed by atoms with Crippen molar-refractivity contribution in [1.82, 2.24) is 5.32 Å². The van der Waals surface area contributed by atoms with E-state index < -0.39 is 5.60 Å².